The molecule has 0 aliphatic heterocycles. The van der Waals surface area contributed by atoms with Crippen molar-refractivity contribution in [1.82, 2.24) is 0 Å². The van der Waals surface area contributed by atoms with Crippen molar-refractivity contribution < 1.29 is 4.39 Å². The summed E-state index contributed by atoms with van der Waals surface area (Å²) in [6.07, 6.45) is 24.6. The Kier molecular flexibility index (Phi) is 10.6. The lowest BCUT2D eigenvalue weighted by Gasteiger charge is -2.35. The molecular formula is C30H47F. The number of allylic oxidation sites excluding steroid dienone is 2. The summed E-state index contributed by atoms with van der Waals surface area (Å²) in [5, 5.41) is 0. The molecule has 31 heavy (non-hydrogen) atoms. The quantitative estimate of drug-likeness (QED) is 0.230. The highest BCUT2D eigenvalue weighted by Gasteiger charge is 2.28. The van der Waals surface area contributed by atoms with Gasteiger partial charge >= 0.3 is 0 Å². The van der Waals surface area contributed by atoms with Crippen molar-refractivity contribution in [2.24, 2.45) is 17.8 Å². The van der Waals surface area contributed by atoms with Crippen LogP contribution >= 0.6 is 0 Å². The Morgan fingerprint density at radius 3 is 2.26 bits per heavy atom. The number of benzene rings is 1. The van der Waals surface area contributed by atoms with Gasteiger partial charge in [-0.05, 0) is 92.7 Å². The van der Waals surface area contributed by atoms with Crippen LogP contribution in [0.2, 0.25) is 0 Å². The molecule has 3 rings (SSSR count). The standard InChI is InChI=1S/C30H47F/c1-3-5-7-9-24-13-18-27(19-14-24)28-20-15-25(16-21-28)11-12-26-17-22-29(30(31)23-26)10-8-6-4-2/h15,17,22-24,27-28H,3-14,16,18-21H2,1-2H3/t24-,27-,28?. The van der Waals surface area contributed by atoms with Gasteiger partial charge in [-0.3, -0.25) is 0 Å². The molecule has 0 radical (unpaired) electrons. The van der Waals surface area contributed by atoms with Gasteiger partial charge in [-0.2, -0.15) is 0 Å². The molecule has 0 bridgehead atoms. The minimum atomic E-state index is 0.0107. The van der Waals surface area contributed by atoms with Crippen LogP contribution in [0.15, 0.2) is 29.8 Å². The molecule has 0 amide bonds. The minimum absolute atomic E-state index is 0.0107. The summed E-state index contributed by atoms with van der Waals surface area (Å²) in [7, 11) is 0. The van der Waals surface area contributed by atoms with E-state index in [9.17, 15) is 4.39 Å². The predicted molar refractivity (Wildman–Crippen MR) is 133 cm³/mol. The van der Waals surface area contributed by atoms with E-state index in [0.29, 0.717) is 0 Å². The van der Waals surface area contributed by atoms with Crippen molar-refractivity contribution in [2.75, 3.05) is 0 Å². The van der Waals surface area contributed by atoms with Crippen LogP contribution in [-0.2, 0) is 12.8 Å². The predicted octanol–water partition coefficient (Wildman–Crippen LogP) is 9.60. The Balaban J connectivity index is 1.38. The molecule has 0 N–H and O–H groups in total. The van der Waals surface area contributed by atoms with Gasteiger partial charge in [-0.25, -0.2) is 4.39 Å². The van der Waals surface area contributed by atoms with Crippen LogP contribution in [0.25, 0.3) is 0 Å². The fourth-order valence-corrected chi connectivity index (χ4v) is 6.01. The van der Waals surface area contributed by atoms with Crippen LogP contribution in [0.3, 0.4) is 0 Å². The van der Waals surface area contributed by atoms with E-state index in [1.165, 1.54) is 89.0 Å². The van der Waals surface area contributed by atoms with Gasteiger partial charge in [0.15, 0.2) is 0 Å². The zero-order valence-electron chi connectivity index (χ0n) is 20.4. The number of unbranched alkanes of at least 4 members (excludes halogenated alkanes) is 4. The first kappa shape index (κ1) is 24.5. The monoisotopic (exact) mass is 426 g/mol. The van der Waals surface area contributed by atoms with Crippen molar-refractivity contribution in [3.63, 3.8) is 0 Å². The van der Waals surface area contributed by atoms with Gasteiger partial charge in [0.05, 0.1) is 0 Å². The molecule has 1 fully saturated rings. The Labute approximate surface area is 192 Å². The van der Waals surface area contributed by atoms with E-state index in [1.54, 1.807) is 11.6 Å². The highest BCUT2D eigenvalue weighted by molar-refractivity contribution is 5.25. The number of halogens is 1. The summed E-state index contributed by atoms with van der Waals surface area (Å²) in [6, 6.07) is 5.99. The third-order valence-corrected chi connectivity index (χ3v) is 8.22. The van der Waals surface area contributed by atoms with Crippen LogP contribution in [-0.4, -0.2) is 0 Å². The lowest BCUT2D eigenvalue weighted by atomic mass is 9.70. The van der Waals surface area contributed by atoms with Gasteiger partial charge in [0.1, 0.15) is 5.82 Å². The average Bonchev–Trinajstić information content (AvgIpc) is 2.80. The fourth-order valence-electron chi connectivity index (χ4n) is 6.01. The molecule has 0 nitrogen and oxygen atoms in total. The van der Waals surface area contributed by atoms with E-state index in [-0.39, 0.29) is 5.82 Å². The van der Waals surface area contributed by atoms with E-state index < -0.39 is 0 Å². The largest absolute Gasteiger partial charge is 0.207 e. The van der Waals surface area contributed by atoms with E-state index >= 15 is 0 Å². The summed E-state index contributed by atoms with van der Waals surface area (Å²) in [5.41, 5.74) is 3.69. The molecule has 0 saturated heterocycles. The normalized spacial score (nSPS) is 24.2. The first-order chi connectivity index (χ1) is 15.2. The molecule has 0 aromatic heterocycles. The zero-order valence-corrected chi connectivity index (χ0v) is 20.4. The SMILES string of the molecule is CCCCCc1ccc(CCC2=CCC([C@H]3CC[C@H](CCCCC)CC3)CC2)cc1F. The molecule has 1 heteroatoms. The summed E-state index contributed by atoms with van der Waals surface area (Å²) >= 11 is 0. The number of rotatable bonds is 12. The number of hydrogen-bond donors (Lipinski definition) is 0. The van der Waals surface area contributed by atoms with Gasteiger partial charge in [0.2, 0.25) is 0 Å². The highest BCUT2D eigenvalue weighted by atomic mass is 19.1. The van der Waals surface area contributed by atoms with Crippen molar-refractivity contribution >= 4 is 0 Å². The zero-order chi connectivity index (χ0) is 21.9. The maximum Gasteiger partial charge on any atom is 0.126 e. The summed E-state index contributed by atoms with van der Waals surface area (Å²) in [5.74, 6) is 2.95. The lowest BCUT2D eigenvalue weighted by molar-refractivity contribution is 0.185. The molecule has 1 saturated carbocycles. The van der Waals surface area contributed by atoms with Crippen LogP contribution in [0.4, 0.5) is 4.39 Å². The van der Waals surface area contributed by atoms with E-state index in [2.05, 4.69) is 26.0 Å². The topological polar surface area (TPSA) is 0 Å². The first-order valence-electron chi connectivity index (χ1n) is 13.6. The summed E-state index contributed by atoms with van der Waals surface area (Å²) in [6.45, 7) is 4.51. The van der Waals surface area contributed by atoms with Crippen LogP contribution < -0.4 is 0 Å². The van der Waals surface area contributed by atoms with Gasteiger partial charge in [0.25, 0.3) is 0 Å². The Morgan fingerprint density at radius 1 is 0.806 bits per heavy atom. The molecule has 2 aliphatic carbocycles. The Hall–Kier alpha value is -1.11. The smallest absolute Gasteiger partial charge is 0.126 e. The molecule has 2 aliphatic rings. The number of aryl methyl sites for hydroxylation is 2. The molecule has 0 spiro atoms. The van der Waals surface area contributed by atoms with Gasteiger partial charge in [0, 0.05) is 0 Å². The average molecular weight is 427 g/mol. The van der Waals surface area contributed by atoms with E-state index in [4.69, 9.17) is 0 Å². The molecule has 1 aromatic carbocycles. The van der Waals surface area contributed by atoms with Crippen LogP contribution in [0.1, 0.15) is 121 Å². The van der Waals surface area contributed by atoms with Gasteiger partial charge in [-0.15, -0.1) is 0 Å². The number of hydrogen-bond acceptors (Lipinski definition) is 0. The summed E-state index contributed by atoms with van der Waals surface area (Å²) < 4.78 is 14.4. The fraction of sp³-hybridized carbons (Fsp3) is 0.733. The van der Waals surface area contributed by atoms with Crippen LogP contribution in [0.5, 0.6) is 0 Å². The minimum Gasteiger partial charge on any atom is -0.207 e. The van der Waals surface area contributed by atoms with E-state index in [1.807, 2.05) is 6.07 Å². The first-order valence-corrected chi connectivity index (χ1v) is 13.6. The second kappa shape index (κ2) is 13.4. The third-order valence-electron chi connectivity index (χ3n) is 8.22. The third kappa shape index (κ3) is 8.07. The van der Waals surface area contributed by atoms with Gasteiger partial charge in [-0.1, -0.05) is 89.0 Å². The lowest BCUT2D eigenvalue weighted by Crippen LogP contribution is -2.23. The highest BCUT2D eigenvalue weighted by Crippen LogP contribution is 2.41. The molecule has 1 aromatic rings. The summed E-state index contributed by atoms with van der Waals surface area (Å²) in [4.78, 5) is 0. The molecule has 0 heterocycles. The molecule has 1 unspecified atom stereocenters. The molecular weight excluding hydrogens is 379 g/mol. The van der Waals surface area contributed by atoms with E-state index in [0.717, 1.165) is 49.0 Å². The molecule has 174 valence electrons. The van der Waals surface area contributed by atoms with Gasteiger partial charge < -0.3 is 0 Å². The second-order valence-electron chi connectivity index (χ2n) is 10.6. The van der Waals surface area contributed by atoms with Crippen molar-refractivity contribution in [3.8, 4) is 0 Å². The van der Waals surface area contributed by atoms with Crippen LogP contribution in [0, 0.1) is 23.6 Å². The second-order valence-corrected chi connectivity index (χ2v) is 10.6. The molecule has 1 atom stereocenters. The maximum absolute atomic E-state index is 14.4. The Bertz CT molecular complexity index is 665. The van der Waals surface area contributed by atoms with Crippen molar-refractivity contribution in [3.05, 3.63) is 46.8 Å². The van der Waals surface area contributed by atoms with Crippen molar-refractivity contribution in [2.45, 2.75) is 123 Å². The maximum atomic E-state index is 14.4. The van der Waals surface area contributed by atoms with Crippen molar-refractivity contribution in [1.29, 1.82) is 0 Å². The Morgan fingerprint density at radius 2 is 1.58 bits per heavy atom.